The Morgan fingerprint density at radius 3 is 2.09 bits per heavy atom. The van der Waals surface area contributed by atoms with Crippen LogP contribution in [0.2, 0.25) is 0 Å². The maximum Gasteiger partial charge on any atom is 0.330 e. The lowest BCUT2D eigenvalue weighted by molar-refractivity contribution is -0.137. The van der Waals surface area contributed by atoms with Crippen LogP contribution in [0.4, 0.5) is 0 Å². The van der Waals surface area contributed by atoms with E-state index >= 15 is 0 Å². The molecule has 0 aromatic rings. The molecule has 0 N–H and O–H groups in total. The van der Waals surface area contributed by atoms with Crippen molar-refractivity contribution in [3.8, 4) is 0 Å². The normalized spacial score (nSPS) is 7.18. The molecular formula is C7H10Cl2O2. The van der Waals surface area contributed by atoms with E-state index in [2.05, 4.69) is 17.9 Å². The molecule has 0 unspecified atom stereocenters. The summed E-state index contributed by atoms with van der Waals surface area (Å²) >= 11 is 9.69. The van der Waals surface area contributed by atoms with E-state index in [-0.39, 0.29) is 10.5 Å². The van der Waals surface area contributed by atoms with Gasteiger partial charge in [0.2, 0.25) is 0 Å². The Morgan fingerprint density at radius 2 is 2.00 bits per heavy atom. The van der Waals surface area contributed by atoms with E-state index in [1.807, 2.05) is 0 Å². The van der Waals surface area contributed by atoms with Crippen molar-refractivity contribution >= 4 is 29.2 Å². The third-order valence-electron chi connectivity index (χ3n) is 0.453. The summed E-state index contributed by atoms with van der Waals surface area (Å²) in [5, 5.41) is 0. The van der Waals surface area contributed by atoms with E-state index in [1.165, 1.54) is 0 Å². The molecule has 0 bridgehead atoms. The molecule has 0 rings (SSSR count). The van der Waals surface area contributed by atoms with Crippen LogP contribution < -0.4 is 0 Å². The Kier molecular flexibility index (Phi) is 11.4. The van der Waals surface area contributed by atoms with E-state index in [0.29, 0.717) is 6.61 Å². The zero-order valence-electron chi connectivity index (χ0n) is 6.27. The molecule has 0 aliphatic rings. The maximum absolute atomic E-state index is 10.1. The van der Waals surface area contributed by atoms with Gasteiger partial charge in [-0.3, -0.25) is 0 Å². The highest BCUT2D eigenvalue weighted by Crippen LogP contribution is 1.98. The van der Waals surface area contributed by atoms with Crippen molar-refractivity contribution in [2.75, 3.05) is 6.61 Å². The minimum atomic E-state index is -0.359. The van der Waals surface area contributed by atoms with E-state index in [9.17, 15) is 4.79 Å². The lowest BCUT2D eigenvalue weighted by Crippen LogP contribution is -1.97. The summed E-state index contributed by atoms with van der Waals surface area (Å²) in [6, 6.07) is 0. The molecule has 0 spiro atoms. The summed E-state index contributed by atoms with van der Waals surface area (Å²) in [5.41, 5.74) is 0. The first-order valence-corrected chi connectivity index (χ1v) is 3.59. The smallest absolute Gasteiger partial charge is 0.330 e. The fourth-order valence-electron chi connectivity index (χ4n) is 0.201. The lowest BCUT2D eigenvalue weighted by Gasteiger charge is -1.90. The van der Waals surface area contributed by atoms with Crippen molar-refractivity contribution in [1.29, 1.82) is 0 Å². The van der Waals surface area contributed by atoms with Crippen LogP contribution >= 0.6 is 23.2 Å². The molecule has 2 nitrogen and oxygen atoms in total. The zero-order chi connectivity index (χ0) is 9.28. The second-order valence-corrected chi connectivity index (χ2v) is 2.40. The Balaban J connectivity index is 0. The SMILES string of the molecule is C=C(Cl)Cl.C=CC(=O)OCC. The highest BCUT2D eigenvalue weighted by Gasteiger charge is 1.86. The average Bonchev–Trinajstić information content (AvgIpc) is 1.87. The van der Waals surface area contributed by atoms with E-state index in [1.54, 1.807) is 6.92 Å². The molecule has 0 aromatic heterocycles. The topological polar surface area (TPSA) is 26.3 Å². The van der Waals surface area contributed by atoms with Gasteiger partial charge in [-0.1, -0.05) is 36.4 Å². The summed E-state index contributed by atoms with van der Waals surface area (Å²) in [7, 11) is 0. The zero-order valence-corrected chi connectivity index (χ0v) is 7.78. The number of carbonyl (C=O) groups is 1. The minimum absolute atomic E-state index is 0.111. The van der Waals surface area contributed by atoms with Crippen LogP contribution in [0.3, 0.4) is 0 Å². The van der Waals surface area contributed by atoms with Gasteiger partial charge < -0.3 is 4.74 Å². The summed E-state index contributed by atoms with van der Waals surface area (Å²) in [6.45, 7) is 8.46. The number of rotatable bonds is 2. The van der Waals surface area contributed by atoms with Gasteiger partial charge in [0.05, 0.1) is 11.1 Å². The fraction of sp³-hybridized carbons (Fsp3) is 0.286. The van der Waals surface area contributed by atoms with Gasteiger partial charge in [-0.2, -0.15) is 0 Å². The third-order valence-corrected chi connectivity index (χ3v) is 0.453. The minimum Gasteiger partial charge on any atom is -0.463 e. The second kappa shape index (κ2) is 9.53. The predicted octanol–water partition coefficient (Wildman–Crippen LogP) is 2.67. The summed E-state index contributed by atoms with van der Waals surface area (Å²) in [6.07, 6.45) is 1.14. The van der Waals surface area contributed by atoms with Gasteiger partial charge in [0.25, 0.3) is 0 Å². The third kappa shape index (κ3) is 26.3. The van der Waals surface area contributed by atoms with Crippen LogP contribution in [0.25, 0.3) is 0 Å². The highest BCUT2D eigenvalue weighted by molar-refractivity contribution is 6.55. The van der Waals surface area contributed by atoms with Crippen molar-refractivity contribution in [1.82, 2.24) is 0 Å². The van der Waals surface area contributed by atoms with Crippen molar-refractivity contribution in [3.05, 3.63) is 23.7 Å². The molecule has 0 aromatic carbocycles. The molecule has 0 radical (unpaired) electrons. The van der Waals surface area contributed by atoms with E-state index in [4.69, 9.17) is 23.2 Å². The Hall–Kier alpha value is -0.470. The second-order valence-electron chi connectivity index (χ2n) is 1.29. The molecule has 0 atom stereocenters. The lowest BCUT2D eigenvalue weighted by atomic mass is 10.6. The van der Waals surface area contributed by atoms with Crippen molar-refractivity contribution in [3.63, 3.8) is 0 Å². The van der Waals surface area contributed by atoms with E-state index in [0.717, 1.165) is 6.08 Å². The highest BCUT2D eigenvalue weighted by atomic mass is 35.5. The van der Waals surface area contributed by atoms with Crippen LogP contribution in [-0.4, -0.2) is 12.6 Å². The molecule has 0 fully saturated rings. The molecule has 0 saturated carbocycles. The predicted molar refractivity (Wildman–Crippen MR) is 47.7 cm³/mol. The van der Waals surface area contributed by atoms with Gasteiger partial charge in [0.1, 0.15) is 0 Å². The fourth-order valence-corrected chi connectivity index (χ4v) is 0.201. The number of halogens is 2. The molecule has 64 valence electrons. The standard InChI is InChI=1S/C5H8O2.C2H2Cl2/c1-3-5(6)7-4-2;1-2(3)4/h3H,1,4H2,2H3;1H2. The van der Waals surface area contributed by atoms with Crippen LogP contribution in [0.5, 0.6) is 0 Å². The Labute approximate surface area is 76.4 Å². The van der Waals surface area contributed by atoms with Crippen molar-refractivity contribution < 1.29 is 9.53 Å². The number of ether oxygens (including phenoxy) is 1. The number of hydrogen-bond donors (Lipinski definition) is 0. The quantitative estimate of drug-likeness (QED) is 0.502. The Bertz CT molecular complexity index is 139. The maximum atomic E-state index is 10.1. The van der Waals surface area contributed by atoms with E-state index < -0.39 is 0 Å². The Morgan fingerprint density at radius 1 is 1.64 bits per heavy atom. The molecule has 0 aliphatic heterocycles. The summed E-state index contributed by atoms with van der Waals surface area (Å²) in [5.74, 6) is -0.359. The largest absolute Gasteiger partial charge is 0.463 e. The molecule has 0 amide bonds. The monoisotopic (exact) mass is 196 g/mol. The first kappa shape index (κ1) is 13.1. The molecule has 11 heavy (non-hydrogen) atoms. The van der Waals surface area contributed by atoms with Crippen LogP contribution in [0.15, 0.2) is 23.7 Å². The summed E-state index contributed by atoms with van der Waals surface area (Å²) < 4.78 is 4.55. The van der Waals surface area contributed by atoms with Gasteiger partial charge in [0, 0.05) is 6.08 Å². The molecular weight excluding hydrogens is 187 g/mol. The van der Waals surface area contributed by atoms with Gasteiger partial charge in [0.15, 0.2) is 0 Å². The van der Waals surface area contributed by atoms with Crippen LogP contribution in [0, 0.1) is 0 Å². The summed E-state index contributed by atoms with van der Waals surface area (Å²) in [4.78, 5) is 10.1. The van der Waals surface area contributed by atoms with Gasteiger partial charge in [-0.25, -0.2) is 4.79 Å². The number of esters is 1. The molecule has 0 aliphatic carbocycles. The van der Waals surface area contributed by atoms with Crippen LogP contribution in [-0.2, 0) is 9.53 Å². The van der Waals surface area contributed by atoms with Crippen molar-refractivity contribution in [2.24, 2.45) is 0 Å². The van der Waals surface area contributed by atoms with Gasteiger partial charge in [-0.05, 0) is 6.92 Å². The average molecular weight is 197 g/mol. The van der Waals surface area contributed by atoms with Crippen molar-refractivity contribution in [2.45, 2.75) is 6.92 Å². The molecule has 0 saturated heterocycles. The molecule has 4 heteroatoms. The first-order chi connectivity index (χ1) is 5.04. The van der Waals surface area contributed by atoms with Crippen LogP contribution in [0.1, 0.15) is 6.92 Å². The van der Waals surface area contributed by atoms with Gasteiger partial charge >= 0.3 is 5.97 Å². The number of carbonyl (C=O) groups excluding carboxylic acids is 1. The first-order valence-electron chi connectivity index (χ1n) is 2.83. The molecule has 0 heterocycles. The number of hydrogen-bond acceptors (Lipinski definition) is 2. The van der Waals surface area contributed by atoms with Gasteiger partial charge in [-0.15, -0.1) is 0 Å².